The van der Waals surface area contributed by atoms with Gasteiger partial charge < -0.3 is 20.4 Å². The molecule has 0 amide bonds. The number of hydrogen-bond donors (Lipinski definition) is 4. The number of nitrogens with zero attached hydrogens (tertiary/aromatic N) is 6. The molecule has 0 saturated heterocycles. The molecular formula is C54H66N6O4. The number of phenolic OH excluding ortho intramolecular Hbond substituents is 4. The van der Waals surface area contributed by atoms with Gasteiger partial charge in [0.15, 0.2) is 0 Å². The molecule has 0 radical (unpaired) electrons. The predicted octanol–water partition coefficient (Wildman–Crippen LogP) is 9.49. The summed E-state index contributed by atoms with van der Waals surface area (Å²) < 4.78 is 0. The summed E-state index contributed by atoms with van der Waals surface area (Å²) in [5, 5.41) is 45.2. The van der Waals surface area contributed by atoms with Gasteiger partial charge in [-0.3, -0.25) is 29.6 Å². The molecule has 0 unspecified atom stereocenters. The van der Waals surface area contributed by atoms with E-state index in [1.165, 1.54) is 0 Å². The van der Waals surface area contributed by atoms with Crippen LogP contribution < -0.4 is 0 Å². The topological polar surface area (TPSA) is 120 Å². The third-order valence-corrected chi connectivity index (χ3v) is 12.4. The van der Waals surface area contributed by atoms with Gasteiger partial charge in [-0.05, 0) is 102 Å². The Balaban J connectivity index is 1.29. The second-order valence-corrected chi connectivity index (χ2v) is 18.4. The largest absolute Gasteiger partial charge is 0.507 e. The first-order chi connectivity index (χ1) is 30.6. The highest BCUT2D eigenvalue weighted by molar-refractivity contribution is 5.45. The molecule has 4 aromatic carbocycles. The minimum atomic E-state index is 0.317. The Kier molecular flexibility index (Phi) is 14.7. The molecule has 10 heteroatoms. The summed E-state index contributed by atoms with van der Waals surface area (Å²) in [6.07, 6.45) is 0. The van der Waals surface area contributed by atoms with Crippen LogP contribution in [0.25, 0.3) is 0 Å². The monoisotopic (exact) mass is 863 g/mol. The van der Waals surface area contributed by atoms with Crippen LogP contribution in [0.3, 0.4) is 0 Å². The number of hydrogen-bond acceptors (Lipinski definition) is 10. The number of pyridine rings is 2. The van der Waals surface area contributed by atoms with Gasteiger partial charge in [0.25, 0.3) is 0 Å². The van der Waals surface area contributed by atoms with E-state index in [2.05, 4.69) is 108 Å². The van der Waals surface area contributed by atoms with E-state index < -0.39 is 0 Å². The Bertz CT molecular complexity index is 2260. The van der Waals surface area contributed by atoms with E-state index in [9.17, 15) is 20.4 Å². The second-order valence-electron chi connectivity index (χ2n) is 18.4. The van der Waals surface area contributed by atoms with Gasteiger partial charge in [0, 0.05) is 101 Å². The zero-order valence-electron chi connectivity index (χ0n) is 39.0. The lowest BCUT2D eigenvalue weighted by molar-refractivity contribution is 0.172. The molecule has 0 fully saturated rings. The summed E-state index contributed by atoms with van der Waals surface area (Å²) in [6, 6.07) is 28.8. The van der Waals surface area contributed by atoms with Crippen molar-refractivity contribution in [2.75, 3.05) is 26.2 Å². The van der Waals surface area contributed by atoms with Gasteiger partial charge in [-0.2, -0.15) is 0 Å². The minimum absolute atomic E-state index is 0.317. The standard InChI is InChI=1S/C54H66N6O4/c1-35-19-39(5)51(61)43(23-35)27-57-15-16-58(28-44-24-36(2)20-40(6)52(44)62)32-49-13-10-14-50(56-49)34-60(30-46-26-38(4)22-42(8)54(46)64)18-17-59(33-48-12-9-11-47(31-57)55-48)29-45-25-37(3)21-41(7)53(45)63/h9-14,19-26,61-64H,15-18,27-34H2,1-8H3. The number of aromatic hydroxyl groups is 4. The van der Waals surface area contributed by atoms with E-state index in [1.54, 1.807) is 0 Å². The Morgan fingerprint density at radius 2 is 0.578 bits per heavy atom. The Labute approximate surface area is 380 Å². The molecule has 2 aromatic heterocycles. The Hall–Kier alpha value is -5.78. The van der Waals surface area contributed by atoms with Crippen LogP contribution in [0.4, 0.5) is 0 Å². The van der Waals surface area contributed by atoms with Crippen molar-refractivity contribution in [3.63, 3.8) is 0 Å². The Morgan fingerprint density at radius 3 is 0.797 bits per heavy atom. The van der Waals surface area contributed by atoms with Crippen molar-refractivity contribution in [1.29, 1.82) is 0 Å². The fraction of sp³-hybridized carbons (Fsp3) is 0.370. The average Bonchev–Trinajstić information content (AvgIpc) is 3.23. The van der Waals surface area contributed by atoms with Gasteiger partial charge >= 0.3 is 0 Å². The number of rotatable bonds is 8. The van der Waals surface area contributed by atoms with Crippen LogP contribution in [0.2, 0.25) is 0 Å². The molecule has 64 heavy (non-hydrogen) atoms. The SMILES string of the molecule is Cc1cc(C)c(O)c(CN2CCN(Cc3cc(C)cc(C)c3O)Cc3cccc(n3)CN(Cc3cc(C)cc(C)c3O)CCN(Cc3cc(C)cc(C)c3O)Cc3cccc(n3)C2)c1. The van der Waals surface area contributed by atoms with E-state index in [-0.39, 0.29) is 0 Å². The maximum Gasteiger partial charge on any atom is 0.122 e. The third kappa shape index (κ3) is 11.9. The summed E-state index contributed by atoms with van der Waals surface area (Å²) in [6.45, 7) is 23.0. The van der Waals surface area contributed by atoms with E-state index in [1.807, 2.05) is 52.0 Å². The van der Waals surface area contributed by atoms with E-state index in [0.29, 0.717) is 102 Å². The highest BCUT2D eigenvalue weighted by Crippen LogP contribution is 2.30. The molecule has 10 nitrogen and oxygen atoms in total. The summed E-state index contributed by atoms with van der Waals surface area (Å²) >= 11 is 0. The van der Waals surface area contributed by atoms with Gasteiger partial charge in [0.2, 0.25) is 0 Å². The van der Waals surface area contributed by atoms with E-state index in [4.69, 9.17) is 9.97 Å². The third-order valence-electron chi connectivity index (χ3n) is 12.4. The van der Waals surface area contributed by atoms with Crippen molar-refractivity contribution in [3.8, 4) is 23.0 Å². The van der Waals surface area contributed by atoms with Crippen LogP contribution in [0, 0.1) is 55.4 Å². The first kappa shape index (κ1) is 46.2. The van der Waals surface area contributed by atoms with Crippen LogP contribution >= 0.6 is 0 Å². The summed E-state index contributed by atoms with van der Waals surface area (Å²) in [5.74, 6) is 1.27. The van der Waals surface area contributed by atoms with Crippen LogP contribution in [-0.4, -0.2) is 76.2 Å². The summed E-state index contributed by atoms with van der Waals surface area (Å²) in [7, 11) is 0. The maximum atomic E-state index is 11.3. The molecule has 7 rings (SSSR count). The van der Waals surface area contributed by atoms with Crippen molar-refractivity contribution >= 4 is 0 Å². The van der Waals surface area contributed by atoms with Gasteiger partial charge in [-0.15, -0.1) is 0 Å². The molecule has 4 bridgehead atoms. The zero-order valence-corrected chi connectivity index (χ0v) is 39.0. The van der Waals surface area contributed by atoms with Crippen molar-refractivity contribution < 1.29 is 20.4 Å². The zero-order chi connectivity index (χ0) is 45.7. The van der Waals surface area contributed by atoms with Crippen LogP contribution in [-0.2, 0) is 52.4 Å². The lowest BCUT2D eigenvalue weighted by atomic mass is 10.0. The molecule has 3 heterocycles. The number of fused-ring (bicyclic) bond motifs is 4. The summed E-state index contributed by atoms with van der Waals surface area (Å²) in [4.78, 5) is 20.0. The van der Waals surface area contributed by atoms with Gasteiger partial charge in [-0.25, -0.2) is 0 Å². The smallest absolute Gasteiger partial charge is 0.122 e. The predicted molar refractivity (Wildman–Crippen MR) is 255 cm³/mol. The highest BCUT2D eigenvalue weighted by Gasteiger charge is 2.21. The van der Waals surface area contributed by atoms with Crippen LogP contribution in [0.1, 0.15) is 89.5 Å². The molecule has 4 N–H and O–H groups in total. The number of aryl methyl sites for hydroxylation is 8. The number of phenols is 4. The average molecular weight is 863 g/mol. The molecule has 1 aliphatic heterocycles. The molecule has 6 aromatic rings. The number of aromatic nitrogens is 2. The number of benzene rings is 4. The van der Waals surface area contributed by atoms with Crippen molar-refractivity contribution in [3.05, 3.63) is 174 Å². The highest BCUT2D eigenvalue weighted by atomic mass is 16.3. The molecular weight excluding hydrogens is 797 g/mol. The molecule has 336 valence electrons. The van der Waals surface area contributed by atoms with Gasteiger partial charge in [-0.1, -0.05) is 82.9 Å². The molecule has 1 aliphatic rings. The van der Waals surface area contributed by atoms with Gasteiger partial charge in [0.05, 0.1) is 22.8 Å². The van der Waals surface area contributed by atoms with Crippen molar-refractivity contribution in [2.45, 2.75) is 108 Å². The minimum Gasteiger partial charge on any atom is -0.507 e. The fourth-order valence-electron chi connectivity index (χ4n) is 9.39. The molecule has 0 spiro atoms. The second kappa shape index (κ2) is 20.4. The maximum absolute atomic E-state index is 11.3. The quantitative estimate of drug-likeness (QED) is 0.118. The first-order valence-electron chi connectivity index (χ1n) is 22.5. The normalized spacial score (nSPS) is 15.2. The van der Waals surface area contributed by atoms with Crippen molar-refractivity contribution in [2.24, 2.45) is 0 Å². The van der Waals surface area contributed by atoms with Crippen LogP contribution in [0.15, 0.2) is 84.9 Å². The van der Waals surface area contributed by atoms with E-state index >= 15 is 0 Å². The van der Waals surface area contributed by atoms with Crippen LogP contribution in [0.5, 0.6) is 23.0 Å². The summed E-state index contributed by atoms with van der Waals surface area (Å²) in [5.41, 5.74) is 15.0. The Morgan fingerprint density at radius 1 is 0.359 bits per heavy atom. The van der Waals surface area contributed by atoms with E-state index in [0.717, 1.165) is 89.5 Å². The molecule has 0 saturated carbocycles. The fourth-order valence-corrected chi connectivity index (χ4v) is 9.39. The first-order valence-corrected chi connectivity index (χ1v) is 22.5. The molecule has 0 aliphatic carbocycles. The lowest BCUT2D eigenvalue weighted by Gasteiger charge is -2.30. The molecule has 0 atom stereocenters. The lowest BCUT2D eigenvalue weighted by Crippen LogP contribution is -2.36. The van der Waals surface area contributed by atoms with Crippen molar-refractivity contribution in [1.82, 2.24) is 29.6 Å². The van der Waals surface area contributed by atoms with Gasteiger partial charge in [0.1, 0.15) is 23.0 Å².